The van der Waals surface area contributed by atoms with Crippen LogP contribution in [-0.2, 0) is 19.5 Å². The lowest BCUT2D eigenvalue weighted by Crippen LogP contribution is -2.30. The molecule has 0 amide bonds. The summed E-state index contributed by atoms with van der Waals surface area (Å²) in [7, 11) is 0. The van der Waals surface area contributed by atoms with Crippen molar-refractivity contribution >= 4 is 26.7 Å². The van der Waals surface area contributed by atoms with Gasteiger partial charge in [0.1, 0.15) is 5.75 Å². The van der Waals surface area contributed by atoms with Gasteiger partial charge in [-0.1, -0.05) is 52.3 Å². The Morgan fingerprint density at radius 1 is 1.00 bits per heavy atom. The van der Waals surface area contributed by atoms with Crippen LogP contribution >= 0.6 is 15.9 Å². The highest BCUT2D eigenvalue weighted by atomic mass is 79.9. The van der Waals surface area contributed by atoms with Crippen LogP contribution in [-0.4, -0.2) is 16.6 Å². The highest BCUT2D eigenvalue weighted by molar-refractivity contribution is 9.10. The zero-order chi connectivity index (χ0) is 15.8. The van der Waals surface area contributed by atoms with Gasteiger partial charge in [0.15, 0.2) is 0 Å². The van der Waals surface area contributed by atoms with Gasteiger partial charge in [-0.3, -0.25) is 4.90 Å². The molecule has 3 aromatic rings. The first-order chi connectivity index (χ1) is 11.2. The highest BCUT2D eigenvalue weighted by Gasteiger charge is 2.18. The smallest absolute Gasteiger partial charge is 0.120 e. The first-order valence-corrected chi connectivity index (χ1v) is 8.69. The first-order valence-electron chi connectivity index (χ1n) is 7.90. The normalized spacial score (nSPS) is 14.8. The summed E-state index contributed by atoms with van der Waals surface area (Å²) in [5, 5.41) is 12.7. The molecular weight excluding hydrogens is 350 g/mol. The molecule has 0 saturated carbocycles. The van der Waals surface area contributed by atoms with Crippen LogP contribution in [0.25, 0.3) is 10.8 Å². The van der Waals surface area contributed by atoms with E-state index in [0.717, 1.165) is 46.9 Å². The minimum absolute atomic E-state index is 0.388. The van der Waals surface area contributed by atoms with E-state index in [2.05, 4.69) is 57.2 Å². The van der Waals surface area contributed by atoms with Crippen molar-refractivity contribution in [2.24, 2.45) is 0 Å². The predicted octanol–water partition coefficient (Wildman–Crippen LogP) is 4.87. The fourth-order valence-corrected chi connectivity index (χ4v) is 3.81. The van der Waals surface area contributed by atoms with Gasteiger partial charge in [-0.05, 0) is 46.5 Å². The zero-order valence-electron chi connectivity index (χ0n) is 12.8. The van der Waals surface area contributed by atoms with Crippen LogP contribution in [0.4, 0.5) is 0 Å². The molecule has 23 heavy (non-hydrogen) atoms. The molecule has 4 rings (SSSR count). The predicted molar refractivity (Wildman–Crippen MR) is 97.6 cm³/mol. The molecule has 1 N–H and O–H groups in total. The van der Waals surface area contributed by atoms with E-state index in [4.69, 9.17) is 0 Å². The van der Waals surface area contributed by atoms with Crippen molar-refractivity contribution in [2.45, 2.75) is 19.5 Å². The van der Waals surface area contributed by atoms with Crippen molar-refractivity contribution in [3.63, 3.8) is 0 Å². The van der Waals surface area contributed by atoms with Crippen LogP contribution in [0.5, 0.6) is 5.75 Å². The average molecular weight is 368 g/mol. The molecule has 0 bridgehead atoms. The molecule has 0 unspecified atom stereocenters. The van der Waals surface area contributed by atoms with Gasteiger partial charge in [0, 0.05) is 29.7 Å². The van der Waals surface area contributed by atoms with Gasteiger partial charge >= 0.3 is 0 Å². The van der Waals surface area contributed by atoms with Crippen LogP contribution in [0, 0.1) is 0 Å². The van der Waals surface area contributed by atoms with Gasteiger partial charge in [0.05, 0.1) is 0 Å². The summed E-state index contributed by atoms with van der Waals surface area (Å²) in [5.74, 6) is 0.388. The van der Waals surface area contributed by atoms with Gasteiger partial charge < -0.3 is 5.11 Å². The van der Waals surface area contributed by atoms with Crippen molar-refractivity contribution in [3.8, 4) is 5.75 Å². The number of phenols is 1. The summed E-state index contributed by atoms with van der Waals surface area (Å²) in [5.41, 5.74) is 3.88. The second-order valence-corrected chi connectivity index (χ2v) is 7.07. The standard InChI is InChI=1S/C20H18BrNO/c21-17-6-7-18-15(11-17)5-8-20(23)19(18)13-22-10-9-14-3-1-2-4-16(14)12-22/h1-8,11,23H,9-10,12-13H2. The Kier molecular flexibility index (Phi) is 3.83. The number of fused-ring (bicyclic) bond motifs is 2. The summed E-state index contributed by atoms with van der Waals surface area (Å²) in [4.78, 5) is 2.42. The maximum atomic E-state index is 10.4. The number of nitrogens with zero attached hydrogens (tertiary/aromatic N) is 1. The van der Waals surface area contributed by atoms with Crippen LogP contribution in [0.1, 0.15) is 16.7 Å². The van der Waals surface area contributed by atoms with E-state index >= 15 is 0 Å². The summed E-state index contributed by atoms with van der Waals surface area (Å²) in [6.07, 6.45) is 1.08. The molecule has 1 aliphatic rings. The van der Waals surface area contributed by atoms with E-state index in [9.17, 15) is 5.11 Å². The molecular formula is C20H18BrNO. The Bertz CT molecular complexity index is 875. The van der Waals surface area contributed by atoms with Gasteiger partial charge in [0.2, 0.25) is 0 Å². The molecule has 0 saturated heterocycles. The van der Waals surface area contributed by atoms with Crippen molar-refractivity contribution in [1.29, 1.82) is 0 Å². The Morgan fingerprint density at radius 3 is 2.70 bits per heavy atom. The summed E-state index contributed by atoms with van der Waals surface area (Å²) in [6, 6.07) is 18.7. The minimum Gasteiger partial charge on any atom is -0.508 e. The number of phenolic OH excluding ortho intramolecular Hbond substituents is 1. The third kappa shape index (κ3) is 2.87. The highest BCUT2D eigenvalue weighted by Crippen LogP contribution is 2.31. The summed E-state index contributed by atoms with van der Waals surface area (Å²) in [6.45, 7) is 2.75. The molecule has 0 radical (unpaired) electrons. The Labute approximate surface area is 144 Å². The molecule has 1 aliphatic heterocycles. The van der Waals surface area contributed by atoms with Gasteiger partial charge in [-0.2, -0.15) is 0 Å². The SMILES string of the molecule is Oc1ccc2cc(Br)ccc2c1CN1CCc2ccccc2C1. The maximum absolute atomic E-state index is 10.4. The number of aromatic hydroxyl groups is 1. The Balaban J connectivity index is 1.67. The van der Waals surface area contributed by atoms with Crippen LogP contribution in [0.15, 0.2) is 59.1 Å². The average Bonchev–Trinajstić information content (AvgIpc) is 2.57. The molecule has 0 spiro atoms. The fourth-order valence-electron chi connectivity index (χ4n) is 3.43. The van der Waals surface area contributed by atoms with E-state index < -0.39 is 0 Å². The van der Waals surface area contributed by atoms with E-state index in [1.807, 2.05) is 18.2 Å². The second-order valence-electron chi connectivity index (χ2n) is 6.16. The van der Waals surface area contributed by atoms with Crippen LogP contribution < -0.4 is 0 Å². The topological polar surface area (TPSA) is 23.5 Å². The van der Waals surface area contributed by atoms with Crippen LogP contribution in [0.2, 0.25) is 0 Å². The number of hydrogen-bond donors (Lipinski definition) is 1. The van der Waals surface area contributed by atoms with E-state index in [1.54, 1.807) is 0 Å². The minimum atomic E-state index is 0.388. The lowest BCUT2D eigenvalue weighted by molar-refractivity contribution is 0.243. The second kappa shape index (κ2) is 5.99. The monoisotopic (exact) mass is 367 g/mol. The third-order valence-electron chi connectivity index (χ3n) is 4.66. The molecule has 0 atom stereocenters. The molecule has 2 nitrogen and oxygen atoms in total. The van der Waals surface area contributed by atoms with Crippen molar-refractivity contribution in [3.05, 3.63) is 75.8 Å². The van der Waals surface area contributed by atoms with Crippen molar-refractivity contribution in [2.75, 3.05) is 6.54 Å². The summed E-state index contributed by atoms with van der Waals surface area (Å²) < 4.78 is 1.06. The molecule has 0 aliphatic carbocycles. The van der Waals surface area contributed by atoms with Gasteiger partial charge in [-0.25, -0.2) is 0 Å². The fraction of sp³-hybridized carbons (Fsp3) is 0.200. The van der Waals surface area contributed by atoms with Crippen LogP contribution in [0.3, 0.4) is 0 Å². The van der Waals surface area contributed by atoms with Gasteiger partial charge in [-0.15, -0.1) is 0 Å². The molecule has 3 heteroatoms. The lowest BCUT2D eigenvalue weighted by Gasteiger charge is -2.29. The number of benzene rings is 3. The molecule has 1 heterocycles. The molecule has 3 aromatic carbocycles. The lowest BCUT2D eigenvalue weighted by atomic mass is 9.98. The quantitative estimate of drug-likeness (QED) is 0.698. The van der Waals surface area contributed by atoms with E-state index in [-0.39, 0.29) is 0 Å². The Hall–Kier alpha value is -1.84. The Morgan fingerprint density at radius 2 is 1.83 bits per heavy atom. The largest absolute Gasteiger partial charge is 0.508 e. The number of rotatable bonds is 2. The van der Waals surface area contributed by atoms with Gasteiger partial charge in [0.25, 0.3) is 0 Å². The molecule has 0 fully saturated rings. The maximum Gasteiger partial charge on any atom is 0.120 e. The first kappa shape index (κ1) is 14.7. The number of hydrogen-bond acceptors (Lipinski definition) is 2. The van der Waals surface area contributed by atoms with Crippen molar-refractivity contribution in [1.82, 2.24) is 4.90 Å². The number of halogens is 1. The summed E-state index contributed by atoms with van der Waals surface area (Å²) >= 11 is 3.52. The van der Waals surface area contributed by atoms with E-state index in [0.29, 0.717) is 5.75 Å². The van der Waals surface area contributed by atoms with E-state index in [1.165, 1.54) is 11.1 Å². The third-order valence-corrected chi connectivity index (χ3v) is 5.15. The zero-order valence-corrected chi connectivity index (χ0v) is 14.4. The molecule has 0 aromatic heterocycles. The molecule has 116 valence electrons. The van der Waals surface area contributed by atoms with Crippen molar-refractivity contribution < 1.29 is 5.11 Å².